The van der Waals surface area contributed by atoms with Crippen LogP contribution in [0.5, 0.6) is 0 Å². The molecule has 0 aliphatic carbocycles. The molecule has 0 saturated heterocycles. The summed E-state index contributed by atoms with van der Waals surface area (Å²) in [6, 6.07) is 16.5. The second kappa shape index (κ2) is 5.73. The van der Waals surface area contributed by atoms with Gasteiger partial charge in [-0.2, -0.15) is 5.26 Å². The lowest BCUT2D eigenvalue weighted by Crippen LogP contribution is -2.11. The quantitative estimate of drug-likeness (QED) is 0.802. The second-order valence-corrected chi connectivity index (χ2v) is 5.09. The number of nitrogens with two attached hydrogens (primary N) is 1. The van der Waals surface area contributed by atoms with Gasteiger partial charge in [0, 0.05) is 11.1 Å². The molecule has 2 N–H and O–H groups in total. The van der Waals surface area contributed by atoms with E-state index < -0.39 is 5.91 Å². The van der Waals surface area contributed by atoms with Crippen LogP contribution >= 0.6 is 0 Å². The molecule has 23 heavy (non-hydrogen) atoms. The van der Waals surface area contributed by atoms with Crippen LogP contribution in [0.3, 0.4) is 0 Å². The summed E-state index contributed by atoms with van der Waals surface area (Å²) in [5.74, 6) is -0.494. The van der Waals surface area contributed by atoms with Crippen LogP contribution < -0.4 is 5.73 Å². The Morgan fingerprint density at radius 2 is 1.78 bits per heavy atom. The van der Waals surface area contributed by atoms with Crippen molar-refractivity contribution in [2.45, 2.75) is 6.92 Å². The van der Waals surface area contributed by atoms with Crippen LogP contribution in [0.2, 0.25) is 0 Å². The number of nitriles is 1. The average molecular weight is 303 g/mol. The van der Waals surface area contributed by atoms with Crippen LogP contribution in [-0.4, -0.2) is 20.9 Å². The van der Waals surface area contributed by atoms with Gasteiger partial charge in [0.1, 0.15) is 11.8 Å². The van der Waals surface area contributed by atoms with Crippen molar-refractivity contribution in [3.05, 3.63) is 65.4 Å². The number of benzene rings is 2. The van der Waals surface area contributed by atoms with Crippen molar-refractivity contribution in [1.82, 2.24) is 15.0 Å². The molecule has 6 nitrogen and oxygen atoms in total. The van der Waals surface area contributed by atoms with Crippen LogP contribution in [0.4, 0.5) is 0 Å². The topological polar surface area (TPSA) is 97.6 Å². The number of primary amides is 1. The molecule has 112 valence electrons. The van der Waals surface area contributed by atoms with E-state index in [2.05, 4.69) is 16.4 Å². The van der Waals surface area contributed by atoms with Crippen LogP contribution in [0.15, 0.2) is 48.5 Å². The Kier molecular flexibility index (Phi) is 3.61. The van der Waals surface area contributed by atoms with Crippen LogP contribution in [0, 0.1) is 18.3 Å². The highest BCUT2D eigenvalue weighted by molar-refractivity contribution is 5.92. The highest BCUT2D eigenvalue weighted by Crippen LogP contribution is 2.25. The summed E-state index contributed by atoms with van der Waals surface area (Å²) in [4.78, 5) is 11.2. The molecule has 0 unspecified atom stereocenters. The molecule has 0 fully saturated rings. The zero-order chi connectivity index (χ0) is 16.4. The first-order chi connectivity index (χ1) is 11.1. The Morgan fingerprint density at radius 1 is 1.13 bits per heavy atom. The highest BCUT2D eigenvalue weighted by atomic mass is 16.1. The molecule has 0 aliphatic heterocycles. The van der Waals surface area contributed by atoms with Gasteiger partial charge in [0.25, 0.3) is 0 Å². The molecule has 1 aromatic heterocycles. The summed E-state index contributed by atoms with van der Waals surface area (Å²) in [7, 11) is 0. The third-order valence-electron chi connectivity index (χ3n) is 3.50. The van der Waals surface area contributed by atoms with Gasteiger partial charge in [-0.3, -0.25) is 4.79 Å². The largest absolute Gasteiger partial charge is 0.366 e. The van der Waals surface area contributed by atoms with E-state index in [1.54, 1.807) is 28.9 Å². The minimum absolute atomic E-state index is 0.243. The van der Waals surface area contributed by atoms with E-state index in [0.29, 0.717) is 16.9 Å². The number of rotatable bonds is 3. The predicted molar refractivity (Wildman–Crippen MR) is 84.8 cm³/mol. The monoisotopic (exact) mass is 303 g/mol. The lowest BCUT2D eigenvalue weighted by Gasteiger charge is -2.07. The number of hydrogen-bond acceptors (Lipinski definition) is 4. The maximum atomic E-state index is 11.2. The smallest absolute Gasteiger partial charge is 0.248 e. The van der Waals surface area contributed by atoms with Crippen molar-refractivity contribution in [2.24, 2.45) is 5.73 Å². The molecule has 3 aromatic rings. The number of nitrogens with zero attached hydrogens (tertiary/aromatic N) is 4. The van der Waals surface area contributed by atoms with Gasteiger partial charge in [-0.25, -0.2) is 4.68 Å². The van der Waals surface area contributed by atoms with E-state index in [1.165, 1.54) is 0 Å². The van der Waals surface area contributed by atoms with Gasteiger partial charge in [0.2, 0.25) is 5.91 Å². The summed E-state index contributed by atoms with van der Waals surface area (Å²) >= 11 is 0. The Morgan fingerprint density at radius 3 is 2.35 bits per heavy atom. The summed E-state index contributed by atoms with van der Waals surface area (Å²) in [5, 5.41) is 17.3. The molecule has 3 rings (SSSR count). The molecule has 0 radical (unpaired) electrons. The minimum atomic E-state index is -0.494. The first-order valence-corrected chi connectivity index (χ1v) is 6.93. The molecule has 6 heteroatoms. The number of aryl methyl sites for hydroxylation is 1. The molecule has 2 aromatic carbocycles. The molecular weight excluding hydrogens is 290 g/mol. The van der Waals surface area contributed by atoms with Crippen LogP contribution in [0.1, 0.15) is 21.6 Å². The van der Waals surface area contributed by atoms with Gasteiger partial charge in [-0.1, -0.05) is 35.0 Å². The third-order valence-corrected chi connectivity index (χ3v) is 3.50. The molecule has 0 bridgehead atoms. The molecule has 1 amide bonds. The van der Waals surface area contributed by atoms with Gasteiger partial charge < -0.3 is 5.73 Å². The summed E-state index contributed by atoms with van der Waals surface area (Å²) < 4.78 is 1.58. The first kappa shape index (κ1) is 14.5. The van der Waals surface area contributed by atoms with Gasteiger partial charge in [-0.15, -0.1) is 5.10 Å². The molecule has 0 aliphatic rings. The molecular formula is C17H13N5O. The summed E-state index contributed by atoms with van der Waals surface area (Å²) in [6.07, 6.45) is 0. The third kappa shape index (κ3) is 2.68. The van der Waals surface area contributed by atoms with Crippen molar-refractivity contribution in [3.8, 4) is 23.0 Å². The number of amides is 1. The van der Waals surface area contributed by atoms with E-state index in [1.807, 2.05) is 31.2 Å². The average Bonchev–Trinajstić information content (AvgIpc) is 2.99. The minimum Gasteiger partial charge on any atom is -0.366 e. The fourth-order valence-corrected chi connectivity index (χ4v) is 2.28. The summed E-state index contributed by atoms with van der Waals surface area (Å²) in [6.45, 7) is 1.99. The van der Waals surface area contributed by atoms with E-state index in [9.17, 15) is 10.1 Å². The van der Waals surface area contributed by atoms with E-state index in [4.69, 9.17) is 5.73 Å². The van der Waals surface area contributed by atoms with Gasteiger partial charge in [-0.05, 0) is 31.2 Å². The normalized spacial score (nSPS) is 10.3. The Bertz CT molecular complexity index is 902. The Labute approximate surface area is 132 Å². The second-order valence-electron chi connectivity index (χ2n) is 5.09. The van der Waals surface area contributed by atoms with E-state index in [-0.39, 0.29) is 5.69 Å². The number of carbonyl (C=O) groups excluding carboxylic acids is 1. The Balaban J connectivity index is 2.13. The van der Waals surface area contributed by atoms with E-state index in [0.717, 1.165) is 11.1 Å². The zero-order valence-electron chi connectivity index (χ0n) is 12.4. The van der Waals surface area contributed by atoms with Crippen LogP contribution in [0.25, 0.3) is 16.9 Å². The molecule has 1 heterocycles. The highest BCUT2D eigenvalue weighted by Gasteiger charge is 2.16. The van der Waals surface area contributed by atoms with Crippen molar-refractivity contribution in [1.29, 1.82) is 5.26 Å². The zero-order valence-corrected chi connectivity index (χ0v) is 12.4. The van der Waals surface area contributed by atoms with Crippen LogP contribution in [-0.2, 0) is 0 Å². The first-order valence-electron chi connectivity index (χ1n) is 6.93. The lowest BCUT2D eigenvalue weighted by atomic mass is 10.1. The number of hydrogen-bond donors (Lipinski definition) is 1. The SMILES string of the molecule is Cc1ccc(-c2c(C#N)nnn2-c2ccc(C(N)=O)cc2)cc1. The fourth-order valence-electron chi connectivity index (χ4n) is 2.28. The molecule has 0 spiro atoms. The van der Waals surface area contributed by atoms with Crippen molar-refractivity contribution in [2.75, 3.05) is 0 Å². The molecule has 0 atom stereocenters. The van der Waals surface area contributed by atoms with Gasteiger partial charge >= 0.3 is 0 Å². The Hall–Kier alpha value is -3.46. The summed E-state index contributed by atoms with van der Waals surface area (Å²) in [5.41, 5.74) is 9.17. The van der Waals surface area contributed by atoms with E-state index >= 15 is 0 Å². The van der Waals surface area contributed by atoms with Crippen molar-refractivity contribution in [3.63, 3.8) is 0 Å². The maximum absolute atomic E-state index is 11.2. The number of aromatic nitrogens is 3. The van der Waals surface area contributed by atoms with Crippen molar-refractivity contribution < 1.29 is 4.79 Å². The maximum Gasteiger partial charge on any atom is 0.248 e. The number of carbonyl (C=O) groups is 1. The van der Waals surface area contributed by atoms with Gasteiger partial charge in [0.15, 0.2) is 5.69 Å². The standard InChI is InChI=1S/C17H13N5O/c1-11-2-4-12(5-3-11)16-15(10-18)20-21-22(16)14-8-6-13(7-9-14)17(19)23/h2-9H,1H3,(H2,19,23). The molecule has 0 saturated carbocycles. The lowest BCUT2D eigenvalue weighted by molar-refractivity contribution is 0.100. The predicted octanol–water partition coefficient (Wildman–Crippen LogP) is 2.21. The van der Waals surface area contributed by atoms with Crippen molar-refractivity contribution >= 4 is 5.91 Å². The fraction of sp³-hybridized carbons (Fsp3) is 0.0588. The van der Waals surface area contributed by atoms with Gasteiger partial charge in [0.05, 0.1) is 5.69 Å².